The van der Waals surface area contributed by atoms with Crippen LogP contribution < -0.4 is 5.32 Å². The number of hydrogen-bond acceptors (Lipinski definition) is 4. The first-order valence-electron chi connectivity index (χ1n) is 6.13. The summed E-state index contributed by atoms with van der Waals surface area (Å²) in [6.45, 7) is 8.02. The third-order valence-electron chi connectivity index (χ3n) is 2.55. The molecule has 0 aliphatic carbocycles. The first kappa shape index (κ1) is 15.6. The topological polar surface area (TPSA) is 49.4 Å². The summed E-state index contributed by atoms with van der Waals surface area (Å²) in [4.78, 5) is 1.32. The van der Waals surface area contributed by atoms with Crippen molar-refractivity contribution in [1.82, 2.24) is 9.62 Å². The largest absolute Gasteiger partial charge is 0.312 e. The Morgan fingerprint density at radius 2 is 2.11 bits per heavy atom. The van der Waals surface area contributed by atoms with Crippen LogP contribution in [0.25, 0.3) is 0 Å². The molecule has 0 atom stereocenters. The van der Waals surface area contributed by atoms with Crippen LogP contribution in [-0.4, -0.2) is 32.9 Å². The van der Waals surface area contributed by atoms with Crippen LogP contribution in [0.5, 0.6) is 0 Å². The second-order valence-corrected chi connectivity index (χ2v) is 7.68. The van der Waals surface area contributed by atoms with Gasteiger partial charge in [0, 0.05) is 25.0 Å². The van der Waals surface area contributed by atoms with Gasteiger partial charge in [0.05, 0.1) is 4.90 Å². The molecule has 1 aromatic heterocycles. The maximum Gasteiger partial charge on any atom is 0.243 e. The fourth-order valence-corrected chi connectivity index (χ4v) is 4.42. The van der Waals surface area contributed by atoms with Crippen LogP contribution in [0.3, 0.4) is 0 Å². The third-order valence-corrected chi connectivity index (χ3v) is 5.51. The van der Waals surface area contributed by atoms with Crippen LogP contribution in [-0.2, 0) is 16.6 Å². The van der Waals surface area contributed by atoms with Gasteiger partial charge >= 0.3 is 0 Å². The normalized spacial score (nSPS) is 12.6. The maximum atomic E-state index is 12.4. The molecule has 1 aromatic rings. The van der Waals surface area contributed by atoms with Crippen molar-refractivity contribution in [2.45, 2.75) is 32.2 Å². The van der Waals surface area contributed by atoms with Gasteiger partial charge in [-0.15, -0.1) is 11.3 Å². The zero-order valence-corrected chi connectivity index (χ0v) is 13.1. The molecule has 18 heavy (non-hydrogen) atoms. The molecule has 0 amide bonds. The molecule has 1 rings (SSSR count). The van der Waals surface area contributed by atoms with Crippen LogP contribution >= 0.6 is 11.3 Å². The Bertz CT molecular complexity index is 466. The Morgan fingerprint density at radius 1 is 1.44 bits per heavy atom. The minimum atomic E-state index is -3.35. The molecule has 0 aromatic carbocycles. The number of hydrogen-bond donors (Lipinski definition) is 1. The lowest BCUT2D eigenvalue weighted by molar-refractivity contribution is 0.417. The molecule has 0 spiro atoms. The molecule has 0 radical (unpaired) electrons. The van der Waals surface area contributed by atoms with Crippen molar-refractivity contribution >= 4 is 21.4 Å². The zero-order chi connectivity index (χ0) is 13.8. The average Bonchev–Trinajstić information content (AvgIpc) is 2.73. The van der Waals surface area contributed by atoms with E-state index in [4.69, 9.17) is 0 Å². The molecule has 0 unspecified atom stereocenters. The maximum absolute atomic E-state index is 12.4. The molecule has 0 bridgehead atoms. The van der Waals surface area contributed by atoms with Crippen LogP contribution in [0.15, 0.2) is 16.3 Å². The molecule has 0 aliphatic rings. The number of sulfonamides is 1. The van der Waals surface area contributed by atoms with Crippen LogP contribution in [0.4, 0.5) is 0 Å². The van der Waals surface area contributed by atoms with E-state index in [1.165, 1.54) is 15.6 Å². The van der Waals surface area contributed by atoms with Crippen LogP contribution in [0.2, 0.25) is 0 Å². The average molecular weight is 290 g/mol. The van der Waals surface area contributed by atoms with Crippen molar-refractivity contribution in [3.8, 4) is 0 Å². The van der Waals surface area contributed by atoms with E-state index in [-0.39, 0.29) is 0 Å². The van der Waals surface area contributed by atoms with E-state index in [1.807, 2.05) is 26.2 Å². The summed E-state index contributed by atoms with van der Waals surface area (Å²) in [5.41, 5.74) is 0. The van der Waals surface area contributed by atoms with Crippen molar-refractivity contribution in [2.24, 2.45) is 5.92 Å². The Kier molecular flexibility index (Phi) is 5.78. The standard InChI is InChI=1S/C12H22N2O2S2/c1-5-13-8-11-12(6-7-17-11)18(15,16)14(4)9-10(2)3/h6-7,10,13H,5,8-9H2,1-4H3. The quantitative estimate of drug-likeness (QED) is 0.837. The van der Waals surface area contributed by atoms with Crippen molar-refractivity contribution in [3.63, 3.8) is 0 Å². The second-order valence-electron chi connectivity index (χ2n) is 4.67. The molecule has 6 heteroatoms. The predicted molar refractivity (Wildman–Crippen MR) is 76.4 cm³/mol. The molecular formula is C12H22N2O2S2. The Hall–Kier alpha value is -0.430. The molecule has 1 heterocycles. The van der Waals surface area contributed by atoms with E-state index in [2.05, 4.69) is 5.32 Å². The number of rotatable bonds is 7. The van der Waals surface area contributed by atoms with Crippen molar-refractivity contribution in [2.75, 3.05) is 20.1 Å². The second kappa shape index (κ2) is 6.65. The highest BCUT2D eigenvalue weighted by atomic mass is 32.2. The number of nitrogens with zero attached hydrogens (tertiary/aromatic N) is 1. The fourth-order valence-electron chi connectivity index (χ4n) is 1.71. The molecule has 4 nitrogen and oxygen atoms in total. The van der Waals surface area contributed by atoms with E-state index < -0.39 is 10.0 Å². The summed E-state index contributed by atoms with van der Waals surface area (Å²) >= 11 is 1.48. The van der Waals surface area contributed by atoms with Crippen molar-refractivity contribution in [3.05, 3.63) is 16.3 Å². The number of nitrogens with one attached hydrogen (secondary N) is 1. The van der Waals surface area contributed by atoms with E-state index in [9.17, 15) is 8.42 Å². The van der Waals surface area contributed by atoms with E-state index >= 15 is 0 Å². The highest BCUT2D eigenvalue weighted by Gasteiger charge is 2.24. The smallest absolute Gasteiger partial charge is 0.243 e. The van der Waals surface area contributed by atoms with Crippen molar-refractivity contribution in [1.29, 1.82) is 0 Å². The van der Waals surface area contributed by atoms with Gasteiger partial charge in [0.25, 0.3) is 0 Å². The summed E-state index contributed by atoms with van der Waals surface area (Å²) in [5.74, 6) is 0.320. The lowest BCUT2D eigenvalue weighted by Crippen LogP contribution is -2.31. The molecule has 0 fully saturated rings. The van der Waals surface area contributed by atoms with Crippen LogP contribution in [0, 0.1) is 5.92 Å². The van der Waals surface area contributed by atoms with E-state index in [1.54, 1.807) is 13.1 Å². The Balaban J connectivity index is 2.94. The first-order valence-corrected chi connectivity index (χ1v) is 8.45. The fraction of sp³-hybridized carbons (Fsp3) is 0.667. The molecular weight excluding hydrogens is 268 g/mol. The summed E-state index contributed by atoms with van der Waals surface area (Å²) in [6, 6.07) is 1.70. The van der Waals surface area contributed by atoms with Crippen LogP contribution in [0.1, 0.15) is 25.6 Å². The summed E-state index contributed by atoms with van der Waals surface area (Å²) < 4.78 is 26.3. The Morgan fingerprint density at radius 3 is 2.67 bits per heavy atom. The van der Waals surface area contributed by atoms with Gasteiger partial charge in [-0.05, 0) is 23.9 Å². The summed E-state index contributed by atoms with van der Waals surface area (Å²) in [7, 11) is -1.71. The summed E-state index contributed by atoms with van der Waals surface area (Å²) in [5, 5.41) is 5.01. The highest BCUT2D eigenvalue weighted by molar-refractivity contribution is 7.89. The van der Waals surface area contributed by atoms with E-state index in [0.29, 0.717) is 23.9 Å². The molecule has 0 saturated carbocycles. The first-order chi connectivity index (χ1) is 8.39. The van der Waals surface area contributed by atoms with Gasteiger partial charge in [-0.1, -0.05) is 20.8 Å². The van der Waals surface area contributed by atoms with Gasteiger partial charge in [0.1, 0.15) is 0 Å². The van der Waals surface area contributed by atoms with Gasteiger partial charge in [-0.3, -0.25) is 0 Å². The lowest BCUT2D eigenvalue weighted by atomic mass is 10.2. The summed E-state index contributed by atoms with van der Waals surface area (Å²) in [6.07, 6.45) is 0. The minimum Gasteiger partial charge on any atom is -0.312 e. The zero-order valence-electron chi connectivity index (χ0n) is 11.4. The SMILES string of the molecule is CCNCc1sccc1S(=O)(=O)N(C)CC(C)C. The molecule has 0 saturated heterocycles. The minimum absolute atomic E-state index is 0.320. The van der Waals surface area contributed by atoms with E-state index in [0.717, 1.165) is 11.4 Å². The number of thiophene rings is 1. The highest BCUT2D eigenvalue weighted by Crippen LogP contribution is 2.24. The van der Waals surface area contributed by atoms with Crippen molar-refractivity contribution < 1.29 is 8.42 Å². The predicted octanol–water partition coefficient (Wildman–Crippen LogP) is 2.13. The monoisotopic (exact) mass is 290 g/mol. The molecule has 1 N–H and O–H groups in total. The van der Waals surface area contributed by atoms with Gasteiger partial charge < -0.3 is 5.32 Å². The third kappa shape index (κ3) is 3.78. The Labute approximate surface area is 114 Å². The van der Waals surface area contributed by atoms with Gasteiger partial charge in [0.15, 0.2) is 0 Å². The lowest BCUT2D eigenvalue weighted by Gasteiger charge is -2.19. The molecule has 0 aliphatic heterocycles. The van der Waals surface area contributed by atoms with Gasteiger partial charge in [-0.2, -0.15) is 0 Å². The molecule has 104 valence electrons. The van der Waals surface area contributed by atoms with Gasteiger partial charge in [-0.25, -0.2) is 12.7 Å². The van der Waals surface area contributed by atoms with Gasteiger partial charge in [0.2, 0.25) is 10.0 Å².